The molecule has 6 heteroatoms. The maximum atomic E-state index is 13.6. The highest BCUT2D eigenvalue weighted by Gasteiger charge is 2.21. The molecule has 0 saturated heterocycles. The van der Waals surface area contributed by atoms with Crippen molar-refractivity contribution in [1.29, 1.82) is 0 Å². The molecule has 18 heavy (non-hydrogen) atoms. The van der Waals surface area contributed by atoms with Gasteiger partial charge in [-0.05, 0) is 12.1 Å². The summed E-state index contributed by atoms with van der Waals surface area (Å²) in [6, 6.07) is 4.48. The highest BCUT2D eigenvalue weighted by atomic mass is 19.1. The van der Waals surface area contributed by atoms with Crippen molar-refractivity contribution in [3.63, 3.8) is 0 Å². The van der Waals surface area contributed by atoms with Crippen LogP contribution >= 0.6 is 0 Å². The van der Waals surface area contributed by atoms with Crippen LogP contribution < -0.4 is 10.2 Å². The van der Waals surface area contributed by atoms with Gasteiger partial charge in [-0.2, -0.15) is 0 Å². The third-order valence-electron chi connectivity index (χ3n) is 2.80. The summed E-state index contributed by atoms with van der Waals surface area (Å²) in [5.41, 5.74) is 0.660. The Balaban J connectivity index is 2.30. The number of nitrogens with zero attached hydrogens (tertiary/aromatic N) is 1. The lowest BCUT2D eigenvalue weighted by Gasteiger charge is -2.23. The molecule has 1 heterocycles. The third-order valence-corrected chi connectivity index (χ3v) is 2.80. The van der Waals surface area contributed by atoms with Gasteiger partial charge in [0.15, 0.2) is 0 Å². The normalized spacial score (nSPS) is 14.7. The van der Waals surface area contributed by atoms with Crippen molar-refractivity contribution >= 4 is 23.3 Å². The molecule has 1 aliphatic heterocycles. The standard InChI is InChI=1S/C12H13FN2O3/c13-8-2-1-3-9-12(8)14-10(16)4-6-15(9)7-5-11(17)18/h1-3H,4-7H2,(H,14,16)(H,17,18). The lowest BCUT2D eigenvalue weighted by molar-refractivity contribution is -0.136. The number of hydrogen-bond donors (Lipinski definition) is 2. The first-order chi connectivity index (χ1) is 8.58. The maximum Gasteiger partial charge on any atom is 0.305 e. The minimum Gasteiger partial charge on any atom is -0.481 e. The molecule has 96 valence electrons. The molecule has 0 bridgehead atoms. The average molecular weight is 252 g/mol. The lowest BCUT2D eigenvalue weighted by atomic mass is 10.2. The van der Waals surface area contributed by atoms with Crippen LogP contribution in [0.4, 0.5) is 15.8 Å². The van der Waals surface area contributed by atoms with Crippen LogP contribution in [-0.4, -0.2) is 30.1 Å². The van der Waals surface area contributed by atoms with Crippen molar-refractivity contribution in [2.45, 2.75) is 12.8 Å². The van der Waals surface area contributed by atoms with Crippen molar-refractivity contribution in [3.8, 4) is 0 Å². The van der Waals surface area contributed by atoms with Crippen molar-refractivity contribution in [3.05, 3.63) is 24.0 Å². The van der Waals surface area contributed by atoms with E-state index in [-0.39, 0.29) is 31.0 Å². The summed E-state index contributed by atoms with van der Waals surface area (Å²) in [7, 11) is 0. The van der Waals surface area contributed by atoms with Gasteiger partial charge in [-0.3, -0.25) is 9.59 Å². The van der Waals surface area contributed by atoms with Crippen molar-refractivity contribution in [2.24, 2.45) is 0 Å². The number of halogens is 1. The molecule has 5 nitrogen and oxygen atoms in total. The lowest BCUT2D eigenvalue weighted by Crippen LogP contribution is -2.27. The molecule has 0 radical (unpaired) electrons. The van der Waals surface area contributed by atoms with Gasteiger partial charge < -0.3 is 15.3 Å². The quantitative estimate of drug-likeness (QED) is 0.854. The molecule has 1 aromatic rings. The number of benzene rings is 1. The van der Waals surface area contributed by atoms with Gasteiger partial charge in [-0.25, -0.2) is 4.39 Å². The number of nitrogens with one attached hydrogen (secondary N) is 1. The van der Waals surface area contributed by atoms with Crippen LogP contribution in [0.25, 0.3) is 0 Å². The number of carboxylic acids is 1. The van der Waals surface area contributed by atoms with Crippen LogP contribution in [0.1, 0.15) is 12.8 Å². The van der Waals surface area contributed by atoms with Crippen molar-refractivity contribution in [2.75, 3.05) is 23.3 Å². The Morgan fingerprint density at radius 1 is 1.50 bits per heavy atom. The predicted molar refractivity (Wildman–Crippen MR) is 64.1 cm³/mol. The van der Waals surface area contributed by atoms with Crippen LogP contribution in [0.5, 0.6) is 0 Å². The van der Waals surface area contributed by atoms with Gasteiger partial charge >= 0.3 is 5.97 Å². The van der Waals surface area contributed by atoms with Gasteiger partial charge in [-0.1, -0.05) is 6.07 Å². The number of carbonyl (C=O) groups is 2. The first-order valence-electron chi connectivity index (χ1n) is 5.63. The smallest absolute Gasteiger partial charge is 0.305 e. The van der Waals surface area contributed by atoms with E-state index in [9.17, 15) is 14.0 Å². The molecular weight excluding hydrogens is 239 g/mol. The number of carbonyl (C=O) groups excluding carboxylic acids is 1. The number of para-hydroxylation sites is 1. The highest BCUT2D eigenvalue weighted by molar-refractivity contribution is 5.96. The molecule has 2 N–H and O–H groups in total. The molecule has 0 saturated carbocycles. The molecule has 1 amide bonds. The summed E-state index contributed by atoms with van der Waals surface area (Å²) in [6.07, 6.45) is 0.165. The third kappa shape index (κ3) is 2.58. The number of fused-ring (bicyclic) bond motifs is 1. The molecule has 0 atom stereocenters. The Bertz CT molecular complexity index is 490. The Kier molecular flexibility index (Phi) is 3.45. The van der Waals surface area contributed by atoms with E-state index in [1.807, 2.05) is 0 Å². The summed E-state index contributed by atoms with van der Waals surface area (Å²) in [6.45, 7) is 0.635. The van der Waals surface area contributed by atoms with Crippen LogP contribution in [0, 0.1) is 5.82 Å². The predicted octanol–water partition coefficient (Wildman–Crippen LogP) is 1.45. The highest BCUT2D eigenvalue weighted by Crippen LogP contribution is 2.31. The fraction of sp³-hybridized carbons (Fsp3) is 0.333. The Morgan fingerprint density at radius 3 is 3.00 bits per heavy atom. The fourth-order valence-corrected chi connectivity index (χ4v) is 1.92. The molecule has 0 unspecified atom stereocenters. The van der Waals surface area contributed by atoms with Gasteiger partial charge in [0.2, 0.25) is 5.91 Å². The fourth-order valence-electron chi connectivity index (χ4n) is 1.92. The van der Waals surface area contributed by atoms with Gasteiger partial charge in [0, 0.05) is 19.5 Å². The Labute approximate surface area is 103 Å². The summed E-state index contributed by atoms with van der Waals surface area (Å²) in [4.78, 5) is 23.8. The second-order valence-corrected chi connectivity index (χ2v) is 4.06. The van der Waals surface area contributed by atoms with E-state index in [2.05, 4.69) is 5.32 Å². The number of amides is 1. The summed E-state index contributed by atoms with van der Waals surface area (Å²) >= 11 is 0. The summed E-state index contributed by atoms with van der Waals surface area (Å²) in [5.74, 6) is -1.70. The Hall–Kier alpha value is -2.11. The zero-order chi connectivity index (χ0) is 13.1. The molecule has 1 aliphatic rings. The first kappa shape index (κ1) is 12.3. The number of hydrogen-bond acceptors (Lipinski definition) is 3. The number of aliphatic carboxylic acids is 1. The van der Waals surface area contributed by atoms with Gasteiger partial charge in [0.25, 0.3) is 0 Å². The summed E-state index contributed by atoms with van der Waals surface area (Å²) in [5, 5.41) is 11.2. The number of rotatable bonds is 3. The molecule has 2 rings (SSSR count). The topological polar surface area (TPSA) is 69.6 Å². The summed E-state index contributed by atoms with van der Waals surface area (Å²) < 4.78 is 13.6. The monoisotopic (exact) mass is 252 g/mol. The van der Waals surface area contributed by atoms with Gasteiger partial charge in [0.05, 0.1) is 12.1 Å². The second-order valence-electron chi connectivity index (χ2n) is 4.06. The minimum atomic E-state index is -0.920. The van der Waals surface area contributed by atoms with E-state index in [0.29, 0.717) is 12.2 Å². The molecule has 1 aromatic carbocycles. The number of anilines is 2. The number of carboxylic acid groups (broad SMARTS) is 1. The van der Waals surface area contributed by atoms with Crippen LogP contribution in [-0.2, 0) is 9.59 Å². The van der Waals surface area contributed by atoms with Crippen molar-refractivity contribution < 1.29 is 19.1 Å². The minimum absolute atomic E-state index is 0.0514. The van der Waals surface area contributed by atoms with E-state index >= 15 is 0 Å². The van der Waals surface area contributed by atoms with E-state index in [4.69, 9.17) is 5.11 Å². The Morgan fingerprint density at radius 2 is 2.28 bits per heavy atom. The molecule has 0 spiro atoms. The second kappa shape index (κ2) is 5.03. The zero-order valence-electron chi connectivity index (χ0n) is 9.65. The molecule has 0 fully saturated rings. The van der Waals surface area contributed by atoms with E-state index < -0.39 is 11.8 Å². The molecule has 0 aromatic heterocycles. The van der Waals surface area contributed by atoms with Crippen LogP contribution in [0.2, 0.25) is 0 Å². The molecular formula is C12H13FN2O3. The van der Waals surface area contributed by atoms with E-state index in [0.717, 1.165) is 0 Å². The first-order valence-corrected chi connectivity index (χ1v) is 5.63. The van der Waals surface area contributed by atoms with Crippen LogP contribution in [0.3, 0.4) is 0 Å². The zero-order valence-corrected chi connectivity index (χ0v) is 9.65. The van der Waals surface area contributed by atoms with Crippen molar-refractivity contribution in [1.82, 2.24) is 0 Å². The van der Waals surface area contributed by atoms with Gasteiger partial charge in [-0.15, -0.1) is 0 Å². The largest absolute Gasteiger partial charge is 0.481 e. The van der Waals surface area contributed by atoms with E-state index in [1.165, 1.54) is 6.07 Å². The van der Waals surface area contributed by atoms with Crippen LogP contribution in [0.15, 0.2) is 18.2 Å². The maximum absolute atomic E-state index is 13.6. The van der Waals surface area contributed by atoms with Gasteiger partial charge in [0.1, 0.15) is 11.5 Å². The SMILES string of the molecule is O=C(O)CCN1CCC(=O)Nc2c(F)cccc21. The average Bonchev–Trinajstić information content (AvgIpc) is 2.47. The molecule has 0 aliphatic carbocycles. The van der Waals surface area contributed by atoms with E-state index in [1.54, 1.807) is 17.0 Å².